The van der Waals surface area contributed by atoms with Crippen LogP contribution >= 0.6 is 11.6 Å². The number of anilines is 2. The lowest BCUT2D eigenvalue weighted by molar-refractivity contribution is -0.116. The van der Waals surface area contributed by atoms with Gasteiger partial charge in [-0.3, -0.25) is 4.79 Å². The summed E-state index contributed by atoms with van der Waals surface area (Å²) >= 11 is 6.11. The van der Waals surface area contributed by atoms with Gasteiger partial charge in [0.2, 0.25) is 5.91 Å². The molecule has 1 aliphatic heterocycles. The lowest BCUT2D eigenvalue weighted by Gasteiger charge is -2.18. The highest BCUT2D eigenvalue weighted by atomic mass is 35.5. The van der Waals surface area contributed by atoms with Gasteiger partial charge in [0.15, 0.2) is 0 Å². The third kappa shape index (κ3) is 3.61. The van der Waals surface area contributed by atoms with E-state index >= 15 is 0 Å². The maximum Gasteiger partial charge on any atom is 0.224 e. The van der Waals surface area contributed by atoms with E-state index in [1.807, 2.05) is 18.2 Å². The van der Waals surface area contributed by atoms with Crippen molar-refractivity contribution < 1.29 is 9.53 Å². The van der Waals surface area contributed by atoms with Crippen molar-refractivity contribution in [3.8, 4) is 11.8 Å². The molecule has 0 atom stereocenters. The third-order valence-corrected chi connectivity index (χ3v) is 4.09. The Morgan fingerprint density at radius 2 is 2.17 bits per heavy atom. The Balaban J connectivity index is 1.56. The minimum Gasteiger partial charge on any atom is -0.492 e. The van der Waals surface area contributed by atoms with Crippen molar-refractivity contribution in [2.75, 3.05) is 23.8 Å². The highest BCUT2D eigenvalue weighted by Gasteiger charge is 2.15. The molecule has 0 bridgehead atoms. The monoisotopic (exact) mass is 341 g/mol. The number of amides is 1. The minimum atomic E-state index is 0.0494. The molecule has 0 radical (unpaired) electrons. The second-order valence-electron chi connectivity index (χ2n) is 5.42. The summed E-state index contributed by atoms with van der Waals surface area (Å²) in [5.74, 6) is 0.805. The molecule has 1 heterocycles. The van der Waals surface area contributed by atoms with Gasteiger partial charge in [0.25, 0.3) is 0 Å². The van der Waals surface area contributed by atoms with E-state index in [1.165, 1.54) is 0 Å². The number of fused-ring (bicyclic) bond motifs is 1. The van der Waals surface area contributed by atoms with Gasteiger partial charge in [0.05, 0.1) is 16.3 Å². The van der Waals surface area contributed by atoms with Crippen LogP contribution in [0.1, 0.15) is 17.5 Å². The van der Waals surface area contributed by atoms with Gasteiger partial charge in [0.1, 0.15) is 18.4 Å². The normalized spacial score (nSPS) is 12.8. The Bertz CT molecular complexity index is 814. The van der Waals surface area contributed by atoms with Crippen LogP contribution in [0, 0.1) is 11.3 Å². The molecule has 2 N–H and O–H groups in total. The number of nitrogens with one attached hydrogen (secondary N) is 2. The number of halogens is 1. The molecule has 24 heavy (non-hydrogen) atoms. The van der Waals surface area contributed by atoms with Crippen LogP contribution < -0.4 is 15.4 Å². The molecule has 3 rings (SSSR count). The number of para-hydroxylation sites is 1. The maximum atomic E-state index is 11.4. The third-order valence-electron chi connectivity index (χ3n) is 3.78. The Labute approximate surface area is 145 Å². The first-order chi connectivity index (χ1) is 11.7. The molecule has 0 fully saturated rings. The van der Waals surface area contributed by atoms with Crippen molar-refractivity contribution in [3.05, 3.63) is 52.5 Å². The molecule has 122 valence electrons. The van der Waals surface area contributed by atoms with E-state index in [0.717, 1.165) is 23.4 Å². The lowest BCUT2D eigenvalue weighted by Crippen LogP contribution is -2.19. The topological polar surface area (TPSA) is 74.1 Å². The van der Waals surface area contributed by atoms with E-state index in [1.54, 1.807) is 18.2 Å². The first-order valence-electron chi connectivity index (χ1n) is 7.65. The second-order valence-corrected chi connectivity index (χ2v) is 5.82. The largest absolute Gasteiger partial charge is 0.492 e. The summed E-state index contributed by atoms with van der Waals surface area (Å²) in [6.07, 6.45) is 1.23. The molecule has 0 saturated heterocycles. The summed E-state index contributed by atoms with van der Waals surface area (Å²) in [5, 5.41) is 15.6. The summed E-state index contributed by atoms with van der Waals surface area (Å²) in [4.78, 5) is 11.4. The number of benzene rings is 2. The smallest absolute Gasteiger partial charge is 0.224 e. The molecular formula is C18H16ClN3O2. The summed E-state index contributed by atoms with van der Waals surface area (Å²) in [6.45, 7) is 0.952. The Kier molecular flexibility index (Phi) is 4.88. The highest BCUT2D eigenvalue weighted by molar-refractivity contribution is 6.33. The van der Waals surface area contributed by atoms with Gasteiger partial charge in [-0.05, 0) is 42.3 Å². The molecule has 6 heteroatoms. The van der Waals surface area contributed by atoms with Crippen LogP contribution in [0.2, 0.25) is 5.02 Å². The zero-order valence-electron chi connectivity index (χ0n) is 12.9. The van der Waals surface area contributed by atoms with E-state index in [0.29, 0.717) is 35.8 Å². The van der Waals surface area contributed by atoms with E-state index in [9.17, 15) is 4.79 Å². The van der Waals surface area contributed by atoms with E-state index < -0.39 is 0 Å². The Morgan fingerprint density at radius 3 is 3.00 bits per heavy atom. The minimum absolute atomic E-state index is 0.0494. The van der Waals surface area contributed by atoms with Crippen molar-refractivity contribution in [2.24, 2.45) is 0 Å². The quantitative estimate of drug-likeness (QED) is 0.815. The van der Waals surface area contributed by atoms with Crippen molar-refractivity contribution in [1.82, 2.24) is 0 Å². The van der Waals surface area contributed by atoms with E-state index in [2.05, 4.69) is 16.7 Å². The molecule has 0 aliphatic carbocycles. The van der Waals surface area contributed by atoms with Crippen molar-refractivity contribution in [3.63, 3.8) is 0 Å². The molecule has 1 aliphatic rings. The molecule has 0 spiro atoms. The number of nitrogens with zero attached hydrogens (tertiary/aromatic N) is 1. The molecule has 2 aromatic rings. The number of rotatable bonds is 5. The molecule has 0 unspecified atom stereocenters. The fourth-order valence-corrected chi connectivity index (χ4v) is 2.83. The average Bonchev–Trinajstić information content (AvgIpc) is 2.59. The predicted octanol–water partition coefficient (Wildman–Crippen LogP) is 3.59. The standard InChI is InChI=1S/C18H16ClN3O2/c19-15-3-1-2-13(11-20)18(15)21-8-9-24-14-5-6-16-12(10-14)4-7-17(23)22-16/h1-3,5-6,10,21H,4,7-9H2,(H,22,23). The van der Waals surface area contributed by atoms with Crippen LogP contribution in [-0.4, -0.2) is 19.1 Å². The Hall–Kier alpha value is -2.71. The molecular weight excluding hydrogens is 326 g/mol. The van der Waals surface area contributed by atoms with Crippen LogP contribution in [0.3, 0.4) is 0 Å². The number of hydrogen-bond acceptors (Lipinski definition) is 4. The first-order valence-corrected chi connectivity index (χ1v) is 8.03. The number of hydrogen-bond donors (Lipinski definition) is 2. The fourth-order valence-electron chi connectivity index (χ4n) is 2.59. The number of carbonyl (C=O) groups excluding carboxylic acids is 1. The number of ether oxygens (including phenoxy) is 1. The van der Waals surface area contributed by atoms with Gasteiger partial charge in [-0.2, -0.15) is 5.26 Å². The zero-order valence-corrected chi connectivity index (χ0v) is 13.7. The summed E-state index contributed by atoms with van der Waals surface area (Å²) in [5.41, 5.74) is 3.06. The van der Waals surface area contributed by atoms with Gasteiger partial charge in [0, 0.05) is 18.7 Å². The van der Waals surface area contributed by atoms with Crippen LogP contribution in [0.4, 0.5) is 11.4 Å². The van der Waals surface area contributed by atoms with Crippen LogP contribution in [0.5, 0.6) is 5.75 Å². The van der Waals surface area contributed by atoms with Crippen LogP contribution in [0.15, 0.2) is 36.4 Å². The molecule has 1 amide bonds. The van der Waals surface area contributed by atoms with Gasteiger partial charge in [-0.25, -0.2) is 0 Å². The van der Waals surface area contributed by atoms with Gasteiger partial charge < -0.3 is 15.4 Å². The Morgan fingerprint density at radius 1 is 1.29 bits per heavy atom. The molecule has 0 aromatic heterocycles. The van der Waals surface area contributed by atoms with Gasteiger partial charge in [-0.15, -0.1) is 0 Å². The summed E-state index contributed by atoms with van der Waals surface area (Å²) < 4.78 is 5.73. The van der Waals surface area contributed by atoms with Crippen molar-refractivity contribution >= 4 is 28.9 Å². The zero-order chi connectivity index (χ0) is 16.9. The van der Waals surface area contributed by atoms with E-state index in [4.69, 9.17) is 21.6 Å². The van der Waals surface area contributed by atoms with Gasteiger partial charge >= 0.3 is 0 Å². The van der Waals surface area contributed by atoms with Gasteiger partial charge in [-0.1, -0.05) is 17.7 Å². The van der Waals surface area contributed by atoms with E-state index in [-0.39, 0.29) is 5.91 Å². The molecule has 2 aromatic carbocycles. The van der Waals surface area contributed by atoms with Crippen molar-refractivity contribution in [2.45, 2.75) is 12.8 Å². The SMILES string of the molecule is N#Cc1cccc(Cl)c1NCCOc1ccc2c(c1)CCC(=O)N2. The molecule has 0 saturated carbocycles. The number of nitriles is 1. The van der Waals surface area contributed by atoms with Crippen LogP contribution in [0.25, 0.3) is 0 Å². The summed E-state index contributed by atoms with van der Waals surface area (Å²) in [6, 6.07) is 13.0. The predicted molar refractivity (Wildman–Crippen MR) is 93.5 cm³/mol. The van der Waals surface area contributed by atoms with Crippen molar-refractivity contribution in [1.29, 1.82) is 5.26 Å². The fraction of sp³-hybridized carbons (Fsp3) is 0.222. The maximum absolute atomic E-state index is 11.4. The number of carbonyl (C=O) groups is 1. The number of aryl methyl sites for hydroxylation is 1. The highest BCUT2D eigenvalue weighted by Crippen LogP contribution is 2.27. The average molecular weight is 342 g/mol. The lowest BCUT2D eigenvalue weighted by atomic mass is 10.0. The first kappa shape index (κ1) is 16.2. The summed E-state index contributed by atoms with van der Waals surface area (Å²) in [7, 11) is 0. The second kappa shape index (κ2) is 7.24. The molecule has 5 nitrogen and oxygen atoms in total. The van der Waals surface area contributed by atoms with Crippen LogP contribution in [-0.2, 0) is 11.2 Å².